The van der Waals surface area contributed by atoms with E-state index in [-0.39, 0.29) is 31.1 Å². The normalized spacial score (nSPS) is 14.5. The van der Waals surface area contributed by atoms with Crippen molar-refractivity contribution in [2.24, 2.45) is 5.41 Å². The van der Waals surface area contributed by atoms with E-state index in [9.17, 15) is 14.4 Å². The lowest BCUT2D eigenvalue weighted by Crippen LogP contribution is -2.43. The van der Waals surface area contributed by atoms with Crippen molar-refractivity contribution in [1.82, 2.24) is 0 Å². The topological polar surface area (TPSA) is 64.3 Å². The molecule has 3 aromatic rings. The highest BCUT2D eigenvalue weighted by Crippen LogP contribution is 2.40. The van der Waals surface area contributed by atoms with Gasteiger partial charge in [-0.3, -0.25) is 9.59 Å². The summed E-state index contributed by atoms with van der Waals surface area (Å²) in [6, 6.07) is 21.6. The monoisotopic (exact) mass is 386 g/mol. The molecule has 0 spiro atoms. The molecule has 0 saturated carbocycles. The van der Waals surface area contributed by atoms with Crippen molar-refractivity contribution in [3.8, 4) is 0 Å². The Morgan fingerprint density at radius 3 is 1.97 bits per heavy atom. The van der Waals surface area contributed by atoms with Crippen LogP contribution in [0.3, 0.4) is 0 Å². The standard InChI is InChI=1S/C24H20NO4/c26-21(16-25-13-7-2-8-14-25)29-17-24(15-18-9-3-1-4-10-18)22(27)19-11-5-6-12-20(19)23(24)28/h1-14H,15-17H2/q+1. The SMILES string of the molecule is O=C(C[n+]1ccccc1)OCC1(Cc2ccccc2)C(=O)c2ccccc2C1=O. The molecule has 2 aromatic carbocycles. The molecule has 0 unspecified atom stereocenters. The lowest BCUT2D eigenvalue weighted by Gasteiger charge is -2.25. The van der Waals surface area contributed by atoms with Gasteiger partial charge in [0.05, 0.1) is 0 Å². The Morgan fingerprint density at radius 2 is 1.34 bits per heavy atom. The molecule has 0 radical (unpaired) electrons. The van der Waals surface area contributed by atoms with Crippen molar-refractivity contribution in [3.63, 3.8) is 0 Å². The number of aromatic nitrogens is 1. The Kier molecular flexibility index (Phi) is 5.04. The first-order valence-electron chi connectivity index (χ1n) is 9.42. The van der Waals surface area contributed by atoms with Gasteiger partial charge in [0, 0.05) is 23.3 Å². The Labute approximate surface area is 168 Å². The fraction of sp³-hybridized carbons (Fsp3) is 0.167. The molecule has 1 aliphatic rings. The number of carbonyl (C=O) groups excluding carboxylic acids is 3. The summed E-state index contributed by atoms with van der Waals surface area (Å²) >= 11 is 0. The van der Waals surface area contributed by atoms with Gasteiger partial charge in [0.15, 0.2) is 24.0 Å². The molecular formula is C24H20NO4+. The molecule has 0 N–H and O–H groups in total. The van der Waals surface area contributed by atoms with Crippen LogP contribution < -0.4 is 4.57 Å². The number of carbonyl (C=O) groups is 3. The molecule has 1 aliphatic carbocycles. The second-order valence-corrected chi connectivity index (χ2v) is 7.16. The number of nitrogens with zero attached hydrogens (tertiary/aromatic N) is 1. The summed E-state index contributed by atoms with van der Waals surface area (Å²) in [7, 11) is 0. The van der Waals surface area contributed by atoms with Gasteiger partial charge in [-0.05, 0) is 12.0 Å². The van der Waals surface area contributed by atoms with Crippen LogP contribution in [-0.2, 0) is 22.5 Å². The smallest absolute Gasteiger partial charge is 0.372 e. The van der Waals surface area contributed by atoms with Crippen LogP contribution in [0, 0.1) is 5.41 Å². The zero-order chi connectivity index (χ0) is 20.3. The van der Waals surface area contributed by atoms with E-state index in [0.717, 1.165) is 5.56 Å². The average molecular weight is 386 g/mol. The van der Waals surface area contributed by atoms with Gasteiger partial charge >= 0.3 is 5.97 Å². The third kappa shape index (κ3) is 3.59. The van der Waals surface area contributed by atoms with E-state index < -0.39 is 11.4 Å². The molecule has 29 heavy (non-hydrogen) atoms. The van der Waals surface area contributed by atoms with Crippen molar-refractivity contribution in [2.45, 2.75) is 13.0 Å². The Hall–Kier alpha value is -3.60. The lowest BCUT2D eigenvalue weighted by molar-refractivity contribution is -0.686. The van der Waals surface area contributed by atoms with Crippen LogP contribution in [0.15, 0.2) is 85.2 Å². The van der Waals surface area contributed by atoms with Crippen LogP contribution in [-0.4, -0.2) is 24.1 Å². The van der Waals surface area contributed by atoms with Crippen LogP contribution >= 0.6 is 0 Å². The van der Waals surface area contributed by atoms with Crippen LogP contribution in [0.1, 0.15) is 26.3 Å². The number of rotatable bonds is 6. The number of Topliss-reactive ketones (excluding diaryl/α,β-unsaturated/α-hetero) is 2. The maximum absolute atomic E-state index is 13.3. The summed E-state index contributed by atoms with van der Waals surface area (Å²) in [6.45, 7) is -0.266. The summed E-state index contributed by atoms with van der Waals surface area (Å²) < 4.78 is 7.16. The molecule has 5 nitrogen and oxygen atoms in total. The first kappa shape index (κ1) is 18.7. The van der Waals surface area contributed by atoms with Gasteiger partial charge in [-0.25, -0.2) is 4.79 Å². The number of pyridine rings is 1. The molecule has 0 saturated heterocycles. The number of hydrogen-bond acceptors (Lipinski definition) is 4. The van der Waals surface area contributed by atoms with E-state index in [1.807, 2.05) is 48.5 Å². The van der Waals surface area contributed by atoms with E-state index >= 15 is 0 Å². The molecule has 0 aliphatic heterocycles. The first-order chi connectivity index (χ1) is 14.1. The van der Waals surface area contributed by atoms with Gasteiger partial charge in [-0.15, -0.1) is 0 Å². The molecule has 0 fully saturated rings. The lowest BCUT2D eigenvalue weighted by atomic mass is 9.77. The number of esters is 1. The van der Waals surface area contributed by atoms with Crippen molar-refractivity contribution in [3.05, 3.63) is 102 Å². The number of ketones is 2. The van der Waals surface area contributed by atoms with Gasteiger partial charge in [-0.2, -0.15) is 4.57 Å². The molecule has 144 valence electrons. The maximum Gasteiger partial charge on any atom is 0.372 e. The largest absolute Gasteiger partial charge is 0.459 e. The molecule has 4 rings (SSSR count). The summed E-state index contributed by atoms with van der Waals surface area (Å²) in [5.41, 5.74) is 0.196. The summed E-state index contributed by atoms with van der Waals surface area (Å²) in [4.78, 5) is 39.0. The zero-order valence-corrected chi connectivity index (χ0v) is 15.8. The third-order valence-electron chi connectivity index (χ3n) is 5.20. The number of ether oxygens (including phenoxy) is 1. The van der Waals surface area contributed by atoms with Crippen LogP contribution in [0.4, 0.5) is 0 Å². The van der Waals surface area contributed by atoms with Crippen molar-refractivity contribution in [1.29, 1.82) is 0 Å². The van der Waals surface area contributed by atoms with Crippen molar-refractivity contribution in [2.75, 3.05) is 6.61 Å². The van der Waals surface area contributed by atoms with Gasteiger partial charge in [-0.1, -0.05) is 60.7 Å². The summed E-state index contributed by atoms with van der Waals surface area (Å²) in [5, 5.41) is 0. The first-order valence-corrected chi connectivity index (χ1v) is 9.42. The van der Waals surface area contributed by atoms with Crippen LogP contribution in [0.25, 0.3) is 0 Å². The molecule has 0 atom stereocenters. The molecule has 1 aromatic heterocycles. The minimum absolute atomic E-state index is 0.0115. The van der Waals surface area contributed by atoms with Gasteiger partial charge in [0.2, 0.25) is 6.54 Å². The number of hydrogen-bond donors (Lipinski definition) is 0. The van der Waals surface area contributed by atoms with Crippen LogP contribution in [0.2, 0.25) is 0 Å². The minimum atomic E-state index is -1.43. The highest BCUT2D eigenvalue weighted by Gasteiger charge is 2.53. The van der Waals surface area contributed by atoms with Crippen molar-refractivity contribution < 1.29 is 23.7 Å². The predicted molar refractivity (Wildman–Crippen MR) is 105 cm³/mol. The van der Waals surface area contributed by atoms with E-state index in [2.05, 4.69) is 0 Å². The quantitative estimate of drug-likeness (QED) is 0.371. The third-order valence-corrected chi connectivity index (χ3v) is 5.20. The fourth-order valence-corrected chi connectivity index (χ4v) is 3.72. The Balaban J connectivity index is 1.61. The van der Waals surface area contributed by atoms with E-state index in [1.165, 1.54) is 0 Å². The van der Waals surface area contributed by atoms with Gasteiger partial charge < -0.3 is 4.74 Å². The molecule has 0 bridgehead atoms. The van der Waals surface area contributed by atoms with E-state index in [0.29, 0.717) is 11.1 Å². The summed E-state index contributed by atoms with van der Waals surface area (Å²) in [6.07, 6.45) is 3.69. The highest BCUT2D eigenvalue weighted by atomic mass is 16.5. The predicted octanol–water partition coefficient (Wildman–Crippen LogP) is 2.83. The second-order valence-electron chi connectivity index (χ2n) is 7.16. The molecule has 0 amide bonds. The highest BCUT2D eigenvalue weighted by molar-refractivity contribution is 6.29. The average Bonchev–Trinajstić information content (AvgIpc) is 2.96. The Morgan fingerprint density at radius 1 is 0.793 bits per heavy atom. The second kappa shape index (κ2) is 7.80. The van der Waals surface area contributed by atoms with Crippen molar-refractivity contribution >= 4 is 17.5 Å². The molecule has 1 heterocycles. The Bertz CT molecular complexity index is 1030. The maximum atomic E-state index is 13.3. The number of fused-ring (bicyclic) bond motifs is 1. The van der Waals surface area contributed by atoms with E-state index in [4.69, 9.17) is 4.74 Å². The number of benzene rings is 2. The zero-order valence-electron chi connectivity index (χ0n) is 15.8. The van der Waals surface area contributed by atoms with Gasteiger partial charge in [0.25, 0.3) is 0 Å². The molecular weight excluding hydrogens is 366 g/mol. The van der Waals surface area contributed by atoms with Crippen LogP contribution in [0.5, 0.6) is 0 Å². The summed E-state index contributed by atoms with van der Waals surface area (Å²) in [5.74, 6) is -1.07. The molecule has 5 heteroatoms. The fourth-order valence-electron chi connectivity index (χ4n) is 3.72. The van der Waals surface area contributed by atoms with E-state index in [1.54, 1.807) is 41.2 Å². The van der Waals surface area contributed by atoms with Gasteiger partial charge in [0.1, 0.15) is 12.0 Å². The minimum Gasteiger partial charge on any atom is -0.459 e.